The van der Waals surface area contributed by atoms with Gasteiger partial charge in [-0.15, -0.1) is 11.8 Å². The summed E-state index contributed by atoms with van der Waals surface area (Å²) in [5, 5.41) is 2.98. The van der Waals surface area contributed by atoms with E-state index in [-0.39, 0.29) is 10.9 Å². The Hall–Kier alpha value is -1.73. The summed E-state index contributed by atoms with van der Waals surface area (Å²) < 4.78 is 44.5. The first kappa shape index (κ1) is 19.0. The number of aromatic nitrogens is 1. The molecule has 0 bridgehead atoms. The lowest BCUT2D eigenvalue weighted by atomic mass is 9.93. The molecule has 1 aromatic carbocycles. The molecule has 0 aliphatic carbocycles. The van der Waals surface area contributed by atoms with Crippen molar-refractivity contribution in [1.82, 2.24) is 4.98 Å². The summed E-state index contributed by atoms with van der Waals surface area (Å²) >= 11 is 1.49. The molecule has 2 aromatic rings. The molecular weight excluding hydrogens is 361 g/mol. The normalized spacial score (nSPS) is 23.7. The van der Waals surface area contributed by atoms with Crippen molar-refractivity contribution < 1.29 is 17.9 Å². The Bertz CT molecular complexity index is 751. The van der Waals surface area contributed by atoms with Gasteiger partial charge in [0.05, 0.1) is 11.7 Å². The van der Waals surface area contributed by atoms with Crippen LogP contribution >= 0.6 is 11.8 Å². The van der Waals surface area contributed by atoms with Gasteiger partial charge in [-0.2, -0.15) is 13.2 Å². The highest BCUT2D eigenvalue weighted by Gasteiger charge is 2.36. The fourth-order valence-corrected chi connectivity index (χ4v) is 4.36. The number of nitrogens with one attached hydrogen (secondary N) is 1. The molecule has 0 saturated carbocycles. The SMILES string of the molecule is CNc1ccc(C2CC(C)(Sc3cccc(C(F)(F)F)c3)CCO2)cn1. The zero-order valence-electron chi connectivity index (χ0n) is 14.6. The Kier molecular flexibility index (Phi) is 5.48. The standard InChI is InChI=1S/C19H21F3N2OS/c1-18(26-15-5-3-4-14(10-15)19(20,21)22)8-9-25-16(11-18)13-6-7-17(23-2)24-12-13/h3-7,10,12,16H,8-9,11H2,1-2H3,(H,23,24). The van der Waals surface area contributed by atoms with Crippen LogP contribution in [0.5, 0.6) is 0 Å². The van der Waals surface area contributed by atoms with Gasteiger partial charge in [0.15, 0.2) is 0 Å². The van der Waals surface area contributed by atoms with E-state index in [1.54, 1.807) is 12.3 Å². The van der Waals surface area contributed by atoms with E-state index in [0.29, 0.717) is 17.9 Å². The summed E-state index contributed by atoms with van der Waals surface area (Å²) in [5.41, 5.74) is 0.376. The van der Waals surface area contributed by atoms with E-state index in [1.165, 1.54) is 23.9 Å². The Morgan fingerprint density at radius 1 is 1.27 bits per heavy atom. The Morgan fingerprint density at radius 2 is 2.08 bits per heavy atom. The summed E-state index contributed by atoms with van der Waals surface area (Å²) in [5.74, 6) is 0.783. The maximum absolute atomic E-state index is 12.9. The second kappa shape index (κ2) is 7.48. The van der Waals surface area contributed by atoms with Gasteiger partial charge in [0, 0.05) is 29.5 Å². The van der Waals surface area contributed by atoms with Crippen LogP contribution in [0.2, 0.25) is 0 Å². The Morgan fingerprint density at radius 3 is 2.73 bits per heavy atom. The lowest BCUT2D eigenvalue weighted by Crippen LogP contribution is -2.31. The maximum Gasteiger partial charge on any atom is 0.416 e. The van der Waals surface area contributed by atoms with Crippen LogP contribution in [-0.2, 0) is 10.9 Å². The van der Waals surface area contributed by atoms with Gasteiger partial charge in [0.2, 0.25) is 0 Å². The highest BCUT2D eigenvalue weighted by molar-refractivity contribution is 8.00. The molecule has 0 spiro atoms. The first-order valence-electron chi connectivity index (χ1n) is 8.41. The number of hydrogen-bond acceptors (Lipinski definition) is 4. The predicted octanol–water partition coefficient (Wildman–Crippen LogP) is 5.54. The van der Waals surface area contributed by atoms with Crippen molar-refractivity contribution in [2.45, 2.75) is 41.7 Å². The van der Waals surface area contributed by atoms with Crippen molar-refractivity contribution in [3.8, 4) is 0 Å². The third-order valence-corrected chi connectivity index (χ3v) is 5.86. The molecule has 1 fully saturated rings. The number of thioether (sulfide) groups is 1. The van der Waals surface area contributed by atoms with E-state index in [2.05, 4.69) is 17.2 Å². The number of ether oxygens (including phenoxy) is 1. The second-order valence-electron chi connectivity index (χ2n) is 6.62. The first-order valence-corrected chi connectivity index (χ1v) is 9.22. The number of nitrogens with zero attached hydrogens (tertiary/aromatic N) is 1. The Labute approximate surface area is 155 Å². The van der Waals surface area contributed by atoms with Crippen LogP contribution in [-0.4, -0.2) is 23.4 Å². The molecule has 2 atom stereocenters. The predicted molar refractivity (Wildman–Crippen MR) is 97.4 cm³/mol. The van der Waals surface area contributed by atoms with Crippen molar-refractivity contribution in [3.63, 3.8) is 0 Å². The molecule has 7 heteroatoms. The molecule has 140 valence electrons. The average Bonchev–Trinajstić information content (AvgIpc) is 2.61. The molecule has 0 amide bonds. The van der Waals surface area contributed by atoms with E-state index in [9.17, 15) is 13.2 Å². The van der Waals surface area contributed by atoms with Crippen molar-refractivity contribution in [3.05, 3.63) is 53.7 Å². The van der Waals surface area contributed by atoms with Crippen LogP contribution in [0.1, 0.15) is 37.0 Å². The smallest absolute Gasteiger partial charge is 0.373 e. The minimum absolute atomic E-state index is 0.106. The largest absolute Gasteiger partial charge is 0.416 e. The zero-order valence-corrected chi connectivity index (χ0v) is 15.5. The number of rotatable bonds is 4. The van der Waals surface area contributed by atoms with Gasteiger partial charge in [0.25, 0.3) is 0 Å². The van der Waals surface area contributed by atoms with Gasteiger partial charge in [0.1, 0.15) is 5.82 Å². The lowest BCUT2D eigenvalue weighted by molar-refractivity contribution is -0.137. The van der Waals surface area contributed by atoms with E-state index >= 15 is 0 Å². The van der Waals surface area contributed by atoms with Gasteiger partial charge < -0.3 is 10.1 Å². The fourth-order valence-electron chi connectivity index (χ4n) is 3.04. The second-order valence-corrected chi connectivity index (χ2v) is 8.28. The molecule has 3 nitrogen and oxygen atoms in total. The number of anilines is 1. The Balaban J connectivity index is 1.75. The number of alkyl halides is 3. The molecule has 3 rings (SSSR count). The van der Waals surface area contributed by atoms with Crippen LogP contribution in [0.15, 0.2) is 47.5 Å². The monoisotopic (exact) mass is 382 g/mol. The highest BCUT2D eigenvalue weighted by Crippen LogP contribution is 2.46. The van der Waals surface area contributed by atoms with Gasteiger partial charge in [-0.05, 0) is 49.6 Å². The summed E-state index contributed by atoms with van der Waals surface area (Å²) in [6.45, 7) is 2.66. The van der Waals surface area contributed by atoms with Crippen LogP contribution in [0, 0.1) is 0 Å². The lowest BCUT2D eigenvalue weighted by Gasteiger charge is -2.38. The zero-order chi connectivity index (χ0) is 18.8. The molecule has 0 radical (unpaired) electrons. The third kappa shape index (κ3) is 4.51. The van der Waals surface area contributed by atoms with E-state index in [0.717, 1.165) is 23.9 Å². The molecule has 1 saturated heterocycles. The van der Waals surface area contributed by atoms with Crippen LogP contribution in [0.4, 0.5) is 19.0 Å². The van der Waals surface area contributed by atoms with Crippen molar-refractivity contribution in [2.75, 3.05) is 19.0 Å². The van der Waals surface area contributed by atoms with Crippen molar-refractivity contribution in [1.29, 1.82) is 0 Å². The summed E-state index contributed by atoms with van der Waals surface area (Å²) in [6, 6.07) is 9.40. The number of benzene rings is 1. The maximum atomic E-state index is 12.9. The van der Waals surface area contributed by atoms with Gasteiger partial charge >= 0.3 is 6.18 Å². The van der Waals surface area contributed by atoms with Gasteiger partial charge in [-0.25, -0.2) is 4.98 Å². The molecule has 1 aromatic heterocycles. The van der Waals surface area contributed by atoms with E-state index in [1.807, 2.05) is 19.2 Å². The highest BCUT2D eigenvalue weighted by atomic mass is 32.2. The van der Waals surface area contributed by atoms with E-state index < -0.39 is 11.7 Å². The van der Waals surface area contributed by atoms with Gasteiger partial charge in [-0.1, -0.05) is 12.1 Å². The van der Waals surface area contributed by atoms with Crippen LogP contribution in [0.25, 0.3) is 0 Å². The summed E-state index contributed by atoms with van der Waals surface area (Å²) in [7, 11) is 1.81. The minimum Gasteiger partial charge on any atom is -0.373 e. The molecule has 2 unspecified atom stereocenters. The third-order valence-electron chi connectivity index (χ3n) is 4.51. The summed E-state index contributed by atoms with van der Waals surface area (Å²) in [4.78, 5) is 4.95. The van der Waals surface area contributed by atoms with Crippen LogP contribution in [0.3, 0.4) is 0 Å². The average molecular weight is 382 g/mol. The minimum atomic E-state index is -4.32. The fraction of sp³-hybridized carbons (Fsp3) is 0.421. The molecule has 26 heavy (non-hydrogen) atoms. The molecular formula is C19H21F3N2OS. The molecule has 1 N–H and O–H groups in total. The van der Waals surface area contributed by atoms with Crippen molar-refractivity contribution in [2.24, 2.45) is 0 Å². The quantitative estimate of drug-likeness (QED) is 0.752. The van der Waals surface area contributed by atoms with Gasteiger partial charge in [-0.3, -0.25) is 0 Å². The van der Waals surface area contributed by atoms with Crippen LogP contribution < -0.4 is 5.32 Å². The van der Waals surface area contributed by atoms with E-state index in [4.69, 9.17) is 4.74 Å². The van der Waals surface area contributed by atoms with Crippen molar-refractivity contribution >= 4 is 17.6 Å². The topological polar surface area (TPSA) is 34.1 Å². The number of pyridine rings is 1. The summed E-state index contributed by atoms with van der Waals surface area (Å²) in [6.07, 6.45) is -1.14. The first-order chi connectivity index (χ1) is 12.3. The molecule has 1 aliphatic rings. The molecule has 2 heterocycles. The number of halogens is 3. The number of hydrogen-bond donors (Lipinski definition) is 1. The molecule has 1 aliphatic heterocycles.